The summed E-state index contributed by atoms with van der Waals surface area (Å²) in [4.78, 5) is 0. The first kappa shape index (κ1) is 11.8. The Morgan fingerprint density at radius 2 is 1.86 bits per heavy atom. The minimum atomic E-state index is -1.28. The third kappa shape index (κ3) is 2.20. The number of hydrogen-bond acceptors (Lipinski definition) is 7. The maximum absolute atomic E-state index is 9.54. The van der Waals surface area contributed by atoms with Crippen molar-refractivity contribution >= 4 is 0 Å². The quantitative estimate of drug-likeness (QED) is 0.267. The van der Waals surface area contributed by atoms with E-state index in [0.29, 0.717) is 0 Å². The number of aliphatic hydroxyl groups excluding tert-OH is 4. The van der Waals surface area contributed by atoms with Gasteiger partial charge in [0.25, 0.3) is 0 Å². The van der Waals surface area contributed by atoms with Gasteiger partial charge in [0.05, 0.1) is 6.61 Å². The Labute approximate surface area is 81.3 Å². The van der Waals surface area contributed by atoms with E-state index in [0.717, 1.165) is 0 Å². The van der Waals surface area contributed by atoms with Crippen LogP contribution in [0.25, 0.3) is 0 Å². The van der Waals surface area contributed by atoms with E-state index >= 15 is 0 Å². The third-order valence-electron chi connectivity index (χ3n) is 2.21. The van der Waals surface area contributed by atoms with Crippen molar-refractivity contribution in [1.82, 2.24) is 10.9 Å². The predicted octanol–water partition coefficient (Wildman–Crippen LogP) is -3.49. The van der Waals surface area contributed by atoms with Crippen LogP contribution in [-0.4, -0.2) is 64.7 Å². The molecular weight excluding hydrogens is 192 g/mol. The van der Waals surface area contributed by atoms with Crippen LogP contribution in [0.4, 0.5) is 0 Å². The average Bonchev–Trinajstić information content (AvgIpc) is 2.18. The van der Waals surface area contributed by atoms with E-state index < -0.39 is 37.3 Å². The van der Waals surface area contributed by atoms with Crippen molar-refractivity contribution in [1.29, 1.82) is 0 Å². The summed E-state index contributed by atoms with van der Waals surface area (Å²) < 4.78 is 4.88. The van der Waals surface area contributed by atoms with Gasteiger partial charge in [-0.25, -0.2) is 5.43 Å². The fraction of sp³-hybridized carbons (Fsp3) is 1.00. The Morgan fingerprint density at radius 1 is 1.21 bits per heavy atom. The Bertz CT molecular complexity index is 181. The van der Waals surface area contributed by atoms with E-state index in [2.05, 4.69) is 10.9 Å². The van der Waals surface area contributed by atoms with Gasteiger partial charge in [-0.15, -0.1) is 0 Å². The van der Waals surface area contributed by atoms with Crippen LogP contribution in [0.5, 0.6) is 0 Å². The Morgan fingerprint density at radius 3 is 2.36 bits per heavy atom. The van der Waals surface area contributed by atoms with Crippen LogP contribution in [-0.2, 0) is 4.74 Å². The van der Waals surface area contributed by atoms with Crippen molar-refractivity contribution in [2.45, 2.75) is 30.6 Å². The van der Waals surface area contributed by atoms with E-state index in [1.807, 2.05) is 0 Å². The molecule has 1 saturated heterocycles. The van der Waals surface area contributed by atoms with E-state index in [1.54, 1.807) is 7.05 Å². The normalized spacial score (nSPS) is 43.9. The summed E-state index contributed by atoms with van der Waals surface area (Å²) in [6.07, 6.45) is -4.68. The number of rotatable bonds is 3. The molecule has 5 atom stereocenters. The van der Waals surface area contributed by atoms with Crippen molar-refractivity contribution in [3.05, 3.63) is 0 Å². The largest absolute Gasteiger partial charge is 0.394 e. The molecule has 0 saturated carbocycles. The SMILES string of the molecule is CNN[C@H]1C(O)O[C@H](CO)[C@@H](O)[C@@H]1O. The van der Waals surface area contributed by atoms with Crippen LogP contribution in [0.2, 0.25) is 0 Å². The topological polar surface area (TPSA) is 114 Å². The van der Waals surface area contributed by atoms with Crippen LogP contribution in [0.3, 0.4) is 0 Å². The second kappa shape index (κ2) is 4.99. The molecule has 7 nitrogen and oxygen atoms in total. The van der Waals surface area contributed by atoms with Gasteiger partial charge in [-0.1, -0.05) is 0 Å². The van der Waals surface area contributed by atoms with Crippen molar-refractivity contribution < 1.29 is 25.2 Å². The molecule has 1 unspecified atom stereocenters. The second-order valence-electron chi connectivity index (χ2n) is 3.15. The standard InChI is InChI=1S/C7H16N2O5/c1-8-9-4-6(12)5(11)3(2-10)14-7(4)13/h3-13H,2H2,1H3/t3-,4-,5-,6-,7?/m1/s1. The number of nitrogens with one attached hydrogen (secondary N) is 2. The number of hydrogen-bond donors (Lipinski definition) is 6. The van der Waals surface area contributed by atoms with Crippen molar-refractivity contribution in [3.63, 3.8) is 0 Å². The van der Waals surface area contributed by atoms with E-state index in [-0.39, 0.29) is 0 Å². The van der Waals surface area contributed by atoms with E-state index in [9.17, 15) is 15.3 Å². The lowest BCUT2D eigenvalue weighted by Gasteiger charge is -2.40. The summed E-state index contributed by atoms with van der Waals surface area (Å²) in [6.45, 7) is -0.457. The molecule has 1 aliphatic rings. The number of hydrazine groups is 1. The van der Waals surface area contributed by atoms with Crippen LogP contribution in [0, 0.1) is 0 Å². The van der Waals surface area contributed by atoms with Crippen LogP contribution in [0.15, 0.2) is 0 Å². The minimum absolute atomic E-state index is 0.457. The van der Waals surface area contributed by atoms with Gasteiger partial charge in [-0.2, -0.15) is 0 Å². The van der Waals surface area contributed by atoms with Crippen LogP contribution >= 0.6 is 0 Å². The summed E-state index contributed by atoms with van der Waals surface area (Å²) in [5, 5.41) is 37.1. The molecule has 14 heavy (non-hydrogen) atoms. The zero-order chi connectivity index (χ0) is 10.7. The molecule has 0 aromatic carbocycles. The second-order valence-corrected chi connectivity index (χ2v) is 3.15. The maximum Gasteiger partial charge on any atom is 0.174 e. The van der Waals surface area contributed by atoms with Gasteiger partial charge in [-0.3, -0.25) is 5.43 Å². The van der Waals surface area contributed by atoms with Crippen LogP contribution < -0.4 is 10.9 Å². The molecule has 1 rings (SSSR count). The fourth-order valence-corrected chi connectivity index (χ4v) is 1.42. The molecule has 84 valence electrons. The molecular formula is C7H16N2O5. The van der Waals surface area contributed by atoms with Gasteiger partial charge < -0.3 is 25.2 Å². The van der Waals surface area contributed by atoms with Crippen LogP contribution in [0.1, 0.15) is 0 Å². The lowest BCUT2D eigenvalue weighted by Crippen LogP contribution is -2.65. The molecule has 0 spiro atoms. The highest BCUT2D eigenvalue weighted by molar-refractivity contribution is 4.91. The third-order valence-corrected chi connectivity index (χ3v) is 2.21. The summed E-state index contributed by atoms with van der Waals surface area (Å²) in [5.41, 5.74) is 5.07. The van der Waals surface area contributed by atoms with E-state index in [1.165, 1.54) is 0 Å². The molecule has 0 bridgehead atoms. The van der Waals surface area contributed by atoms with Gasteiger partial charge in [0, 0.05) is 0 Å². The van der Waals surface area contributed by atoms with E-state index in [4.69, 9.17) is 9.84 Å². The molecule has 1 aliphatic heterocycles. The molecule has 1 fully saturated rings. The molecule has 6 N–H and O–H groups in total. The minimum Gasteiger partial charge on any atom is -0.394 e. The Kier molecular flexibility index (Phi) is 4.20. The molecule has 7 heteroatoms. The summed E-state index contributed by atoms with van der Waals surface area (Å²) in [7, 11) is 1.56. The van der Waals surface area contributed by atoms with Gasteiger partial charge in [-0.05, 0) is 7.05 Å². The van der Waals surface area contributed by atoms with Crippen molar-refractivity contribution in [2.75, 3.05) is 13.7 Å². The summed E-state index contributed by atoms with van der Waals surface area (Å²) in [5.74, 6) is 0. The summed E-state index contributed by atoms with van der Waals surface area (Å²) >= 11 is 0. The Hall–Kier alpha value is -0.280. The maximum atomic E-state index is 9.54. The first-order valence-corrected chi connectivity index (χ1v) is 4.34. The molecule has 0 aromatic rings. The predicted molar refractivity (Wildman–Crippen MR) is 46.0 cm³/mol. The monoisotopic (exact) mass is 208 g/mol. The molecule has 0 amide bonds. The molecule has 0 aromatic heterocycles. The van der Waals surface area contributed by atoms with Crippen molar-refractivity contribution in [2.24, 2.45) is 0 Å². The highest BCUT2D eigenvalue weighted by atomic mass is 16.6. The first-order chi connectivity index (χ1) is 6.61. The zero-order valence-electron chi connectivity index (χ0n) is 7.79. The Balaban J connectivity index is 2.63. The van der Waals surface area contributed by atoms with Gasteiger partial charge in [0.15, 0.2) is 6.29 Å². The first-order valence-electron chi connectivity index (χ1n) is 4.34. The smallest absolute Gasteiger partial charge is 0.174 e. The van der Waals surface area contributed by atoms with Crippen molar-refractivity contribution in [3.8, 4) is 0 Å². The zero-order valence-corrected chi connectivity index (χ0v) is 7.79. The van der Waals surface area contributed by atoms with Gasteiger partial charge in [0.2, 0.25) is 0 Å². The number of aliphatic hydroxyl groups is 4. The van der Waals surface area contributed by atoms with Gasteiger partial charge >= 0.3 is 0 Å². The molecule has 1 heterocycles. The molecule has 0 aliphatic carbocycles. The number of ether oxygens (including phenoxy) is 1. The van der Waals surface area contributed by atoms with Gasteiger partial charge in [0.1, 0.15) is 24.4 Å². The average molecular weight is 208 g/mol. The lowest BCUT2D eigenvalue weighted by molar-refractivity contribution is -0.255. The molecule has 0 radical (unpaired) electrons. The fourth-order valence-electron chi connectivity index (χ4n) is 1.42. The summed E-state index contributed by atoms with van der Waals surface area (Å²) in [6, 6.07) is -0.835. The lowest BCUT2D eigenvalue weighted by atomic mass is 9.98. The highest BCUT2D eigenvalue weighted by Gasteiger charge is 2.43. The highest BCUT2D eigenvalue weighted by Crippen LogP contribution is 2.18.